The van der Waals surface area contributed by atoms with Gasteiger partial charge in [0.1, 0.15) is 5.75 Å². The fourth-order valence-corrected chi connectivity index (χ4v) is 3.17. The topological polar surface area (TPSA) is 38.3 Å². The van der Waals surface area contributed by atoms with Crippen LogP contribution >= 0.6 is 23.4 Å². The summed E-state index contributed by atoms with van der Waals surface area (Å²) in [6.45, 7) is 4.69. The predicted octanol–water partition coefficient (Wildman–Crippen LogP) is 4.39. The zero-order chi connectivity index (χ0) is 17.4. The number of hydrogen-bond acceptors (Lipinski definition) is 3. The lowest BCUT2D eigenvalue weighted by Crippen LogP contribution is -2.30. The zero-order valence-corrected chi connectivity index (χ0v) is 15.5. The van der Waals surface area contributed by atoms with Crippen molar-refractivity contribution in [1.82, 2.24) is 5.32 Å². The maximum Gasteiger partial charge on any atom is 0.257 e. The summed E-state index contributed by atoms with van der Waals surface area (Å²) in [4.78, 5) is 11.8. The molecule has 2 aromatic rings. The van der Waals surface area contributed by atoms with Crippen LogP contribution in [0.2, 0.25) is 5.02 Å². The second-order valence-electron chi connectivity index (χ2n) is 5.52. The number of hydrogen-bond donors (Lipinski definition) is 1. The van der Waals surface area contributed by atoms with E-state index in [-0.39, 0.29) is 12.5 Å². The first kappa shape index (κ1) is 18.7. The van der Waals surface area contributed by atoms with Gasteiger partial charge in [-0.25, -0.2) is 0 Å². The van der Waals surface area contributed by atoms with E-state index in [1.165, 1.54) is 5.56 Å². The van der Waals surface area contributed by atoms with Crippen molar-refractivity contribution >= 4 is 29.3 Å². The summed E-state index contributed by atoms with van der Waals surface area (Å²) in [7, 11) is 0. The van der Waals surface area contributed by atoms with Crippen LogP contribution in [0.4, 0.5) is 0 Å². The van der Waals surface area contributed by atoms with Gasteiger partial charge in [0.05, 0.1) is 0 Å². The Labute approximate surface area is 152 Å². The molecule has 0 spiro atoms. The maximum atomic E-state index is 11.8. The van der Waals surface area contributed by atoms with Crippen molar-refractivity contribution < 1.29 is 9.53 Å². The summed E-state index contributed by atoms with van der Waals surface area (Å²) >= 11 is 7.71. The van der Waals surface area contributed by atoms with Gasteiger partial charge in [-0.15, -0.1) is 0 Å². The number of nitrogens with one attached hydrogen (secondary N) is 1. The van der Waals surface area contributed by atoms with Crippen LogP contribution in [0.25, 0.3) is 0 Å². The Morgan fingerprint density at radius 2 is 2.00 bits per heavy atom. The molecule has 0 aliphatic rings. The SMILES string of the molecule is Cc1cccc(OCC(=O)NCCSCc2cccc(Cl)c2)c1C. The number of ether oxygens (including phenoxy) is 1. The standard InChI is InChI=1S/C19H22ClNO2S/c1-14-5-3-8-18(15(14)2)23-12-19(22)21-9-10-24-13-16-6-4-7-17(20)11-16/h3-8,11H,9-10,12-13H2,1-2H3,(H,21,22). The molecule has 0 atom stereocenters. The van der Waals surface area contributed by atoms with Crippen LogP contribution in [0.15, 0.2) is 42.5 Å². The van der Waals surface area contributed by atoms with Gasteiger partial charge in [0.15, 0.2) is 6.61 Å². The van der Waals surface area contributed by atoms with Gasteiger partial charge in [0.25, 0.3) is 5.91 Å². The quantitative estimate of drug-likeness (QED) is 0.707. The highest BCUT2D eigenvalue weighted by Gasteiger charge is 2.05. The molecule has 0 fully saturated rings. The summed E-state index contributed by atoms with van der Waals surface area (Å²) in [6, 6.07) is 13.7. The summed E-state index contributed by atoms with van der Waals surface area (Å²) < 4.78 is 5.59. The van der Waals surface area contributed by atoms with E-state index in [1.54, 1.807) is 11.8 Å². The number of thioether (sulfide) groups is 1. The molecule has 0 radical (unpaired) electrons. The number of rotatable bonds is 8. The molecule has 24 heavy (non-hydrogen) atoms. The van der Waals surface area contributed by atoms with Crippen molar-refractivity contribution in [3.63, 3.8) is 0 Å². The highest BCUT2D eigenvalue weighted by Crippen LogP contribution is 2.20. The zero-order valence-electron chi connectivity index (χ0n) is 14.0. The fourth-order valence-electron chi connectivity index (χ4n) is 2.15. The lowest BCUT2D eigenvalue weighted by atomic mass is 10.1. The molecular formula is C19H22ClNO2S. The first-order chi connectivity index (χ1) is 11.6. The molecule has 2 rings (SSSR count). The lowest BCUT2D eigenvalue weighted by Gasteiger charge is -2.11. The first-order valence-electron chi connectivity index (χ1n) is 7.84. The van der Waals surface area contributed by atoms with Gasteiger partial charge in [-0.2, -0.15) is 11.8 Å². The minimum atomic E-state index is -0.0979. The first-order valence-corrected chi connectivity index (χ1v) is 9.37. The fraction of sp³-hybridized carbons (Fsp3) is 0.316. The Morgan fingerprint density at radius 3 is 2.79 bits per heavy atom. The molecule has 1 amide bonds. The molecule has 3 nitrogen and oxygen atoms in total. The monoisotopic (exact) mass is 363 g/mol. The van der Waals surface area contributed by atoms with Gasteiger partial charge in [-0.3, -0.25) is 4.79 Å². The smallest absolute Gasteiger partial charge is 0.257 e. The van der Waals surface area contributed by atoms with Crippen molar-refractivity contribution in [2.24, 2.45) is 0 Å². The molecule has 128 valence electrons. The molecule has 0 saturated heterocycles. The molecule has 2 aromatic carbocycles. The third-order valence-electron chi connectivity index (χ3n) is 3.64. The summed E-state index contributed by atoms with van der Waals surface area (Å²) in [6.07, 6.45) is 0. The van der Waals surface area contributed by atoms with Crippen LogP contribution in [-0.2, 0) is 10.5 Å². The van der Waals surface area contributed by atoms with Gasteiger partial charge in [-0.05, 0) is 48.7 Å². The minimum Gasteiger partial charge on any atom is -0.483 e. The van der Waals surface area contributed by atoms with Gasteiger partial charge < -0.3 is 10.1 Å². The Balaban J connectivity index is 1.62. The lowest BCUT2D eigenvalue weighted by molar-refractivity contribution is -0.122. The van der Waals surface area contributed by atoms with Crippen LogP contribution in [0, 0.1) is 13.8 Å². The third-order valence-corrected chi connectivity index (χ3v) is 4.91. The van der Waals surface area contributed by atoms with Crippen LogP contribution in [-0.4, -0.2) is 24.8 Å². The Bertz CT molecular complexity index is 691. The van der Waals surface area contributed by atoms with Gasteiger partial charge in [0, 0.05) is 23.1 Å². The molecule has 0 heterocycles. The highest BCUT2D eigenvalue weighted by atomic mass is 35.5. The number of halogens is 1. The van der Waals surface area contributed by atoms with E-state index in [2.05, 4.69) is 11.4 Å². The molecule has 0 saturated carbocycles. The normalized spacial score (nSPS) is 10.5. The van der Waals surface area contributed by atoms with Crippen LogP contribution in [0.1, 0.15) is 16.7 Å². The van der Waals surface area contributed by atoms with Crippen molar-refractivity contribution in [3.8, 4) is 5.75 Å². The van der Waals surface area contributed by atoms with E-state index in [0.717, 1.165) is 33.4 Å². The molecule has 0 bridgehead atoms. The Morgan fingerprint density at radius 1 is 1.21 bits per heavy atom. The average Bonchev–Trinajstić information content (AvgIpc) is 2.56. The van der Waals surface area contributed by atoms with Crippen molar-refractivity contribution in [1.29, 1.82) is 0 Å². The number of benzene rings is 2. The third kappa shape index (κ3) is 6.10. The van der Waals surface area contributed by atoms with Crippen LogP contribution in [0.5, 0.6) is 5.75 Å². The van der Waals surface area contributed by atoms with E-state index in [1.807, 2.05) is 50.2 Å². The van der Waals surface area contributed by atoms with Crippen molar-refractivity contribution in [2.75, 3.05) is 18.9 Å². The molecular weight excluding hydrogens is 342 g/mol. The largest absolute Gasteiger partial charge is 0.483 e. The minimum absolute atomic E-state index is 0.0449. The highest BCUT2D eigenvalue weighted by molar-refractivity contribution is 7.98. The molecule has 0 aromatic heterocycles. The Hall–Kier alpha value is -1.65. The van der Waals surface area contributed by atoms with E-state index in [0.29, 0.717) is 6.54 Å². The second kappa shape index (κ2) is 9.60. The predicted molar refractivity (Wildman–Crippen MR) is 102 cm³/mol. The van der Waals surface area contributed by atoms with E-state index >= 15 is 0 Å². The van der Waals surface area contributed by atoms with Crippen LogP contribution < -0.4 is 10.1 Å². The number of carbonyl (C=O) groups excluding carboxylic acids is 1. The molecule has 0 aliphatic heterocycles. The molecule has 1 N–H and O–H groups in total. The van der Waals surface area contributed by atoms with Crippen molar-refractivity contribution in [2.45, 2.75) is 19.6 Å². The van der Waals surface area contributed by atoms with Gasteiger partial charge in [-0.1, -0.05) is 35.9 Å². The van der Waals surface area contributed by atoms with E-state index in [9.17, 15) is 4.79 Å². The van der Waals surface area contributed by atoms with E-state index in [4.69, 9.17) is 16.3 Å². The summed E-state index contributed by atoms with van der Waals surface area (Å²) in [5, 5.41) is 3.63. The molecule has 0 unspecified atom stereocenters. The van der Waals surface area contributed by atoms with Crippen LogP contribution in [0.3, 0.4) is 0 Å². The maximum absolute atomic E-state index is 11.8. The summed E-state index contributed by atoms with van der Waals surface area (Å²) in [5.41, 5.74) is 3.42. The number of carbonyl (C=O) groups is 1. The number of amides is 1. The molecule has 0 aliphatic carbocycles. The average molecular weight is 364 g/mol. The van der Waals surface area contributed by atoms with Gasteiger partial charge >= 0.3 is 0 Å². The summed E-state index contributed by atoms with van der Waals surface area (Å²) in [5.74, 6) is 2.40. The van der Waals surface area contributed by atoms with Crippen molar-refractivity contribution in [3.05, 3.63) is 64.2 Å². The Kier molecular flexibility index (Phi) is 7.47. The number of aryl methyl sites for hydroxylation is 1. The van der Waals surface area contributed by atoms with E-state index < -0.39 is 0 Å². The van der Waals surface area contributed by atoms with Gasteiger partial charge in [0.2, 0.25) is 0 Å². The second-order valence-corrected chi connectivity index (χ2v) is 7.06. The molecule has 5 heteroatoms.